The van der Waals surface area contributed by atoms with E-state index in [1.807, 2.05) is 0 Å². The molecule has 0 radical (unpaired) electrons. The van der Waals surface area contributed by atoms with Gasteiger partial charge in [0.1, 0.15) is 0 Å². The molecule has 130 valence electrons. The smallest absolute Gasteiger partial charge is 0.321 e. The van der Waals surface area contributed by atoms with E-state index in [1.54, 1.807) is 18.5 Å². The second kappa shape index (κ2) is 7.40. The Kier molecular flexibility index (Phi) is 5.72. The second-order valence-electron chi connectivity index (χ2n) is 7.49. The Balaban J connectivity index is 2.00. The molecule has 0 aromatic carbocycles. The number of aromatic nitrogens is 2. The molecule has 1 aromatic heterocycles. The lowest BCUT2D eigenvalue weighted by atomic mass is 9.62. The molecule has 7 nitrogen and oxygen atoms in total. The van der Waals surface area contributed by atoms with Gasteiger partial charge in [0.25, 0.3) is 0 Å². The summed E-state index contributed by atoms with van der Waals surface area (Å²) in [5, 5.41) is 5.62. The zero-order valence-corrected chi connectivity index (χ0v) is 15.7. The minimum Gasteiger partial charge on any atom is -0.335 e. The lowest BCUT2D eigenvalue weighted by molar-refractivity contribution is 0.0815. The number of hydrogen-bond donors (Lipinski definition) is 2. The number of hydrogen-bond acceptors (Lipinski definition) is 5. The maximum absolute atomic E-state index is 12.2. The molecule has 1 aromatic rings. The molecule has 2 N–H and O–H groups in total. The number of urea groups is 1. The van der Waals surface area contributed by atoms with Crippen molar-refractivity contribution in [3.63, 3.8) is 0 Å². The van der Waals surface area contributed by atoms with Gasteiger partial charge in [-0.3, -0.25) is 5.32 Å². The average molecular weight is 396 g/mol. The van der Waals surface area contributed by atoms with Crippen molar-refractivity contribution in [2.75, 3.05) is 11.9 Å². The Bertz CT molecular complexity index is 642. The predicted molar refractivity (Wildman–Crippen MR) is 94.4 cm³/mol. The number of carbonyl (C=O) groups is 1. The van der Waals surface area contributed by atoms with Gasteiger partial charge in [-0.2, -0.15) is 0 Å². The van der Waals surface area contributed by atoms with E-state index in [-0.39, 0.29) is 28.9 Å². The summed E-state index contributed by atoms with van der Waals surface area (Å²) in [4.78, 5) is 34.5. The normalized spacial score (nSPS) is 25.4. The predicted octanol–water partition coefficient (Wildman–Crippen LogP) is 3.28. The number of carbonyl (C=O) groups excluding carboxylic acids is 2. The summed E-state index contributed by atoms with van der Waals surface area (Å²) in [6.45, 7) is 6.85. The molecule has 2 unspecified atom stereocenters. The van der Waals surface area contributed by atoms with Crippen molar-refractivity contribution >= 4 is 34.0 Å². The lowest BCUT2D eigenvalue weighted by Gasteiger charge is -2.46. The van der Waals surface area contributed by atoms with E-state index >= 15 is 0 Å². The fraction of sp³-hybridized carbons (Fsp3) is 0.625. The maximum atomic E-state index is 12.2. The number of nitrogens with zero attached hydrogens (tertiary/aromatic N) is 3. The van der Waals surface area contributed by atoms with Crippen LogP contribution in [-0.2, 0) is 4.79 Å². The first-order valence-electron chi connectivity index (χ1n) is 7.80. The third-order valence-corrected chi connectivity index (χ3v) is 4.56. The quantitative estimate of drug-likeness (QED) is 0.603. The molecule has 2 atom stereocenters. The van der Waals surface area contributed by atoms with Crippen molar-refractivity contribution in [1.29, 1.82) is 0 Å². The maximum Gasteiger partial charge on any atom is 0.321 e. The van der Waals surface area contributed by atoms with Crippen LogP contribution in [0.25, 0.3) is 0 Å². The van der Waals surface area contributed by atoms with Crippen molar-refractivity contribution in [1.82, 2.24) is 15.3 Å². The number of halogens is 1. The van der Waals surface area contributed by atoms with Gasteiger partial charge < -0.3 is 5.32 Å². The zero-order chi connectivity index (χ0) is 17.8. The lowest BCUT2D eigenvalue weighted by Crippen LogP contribution is -2.49. The molecule has 8 heteroatoms. The summed E-state index contributed by atoms with van der Waals surface area (Å²) < 4.78 is 0.744. The van der Waals surface area contributed by atoms with E-state index in [4.69, 9.17) is 0 Å². The van der Waals surface area contributed by atoms with Crippen LogP contribution in [-0.4, -0.2) is 34.7 Å². The van der Waals surface area contributed by atoms with E-state index in [9.17, 15) is 9.59 Å². The first-order valence-corrected chi connectivity index (χ1v) is 8.59. The number of anilines is 1. The topological polar surface area (TPSA) is 96.3 Å². The van der Waals surface area contributed by atoms with Gasteiger partial charge in [0.2, 0.25) is 12.0 Å². The third-order valence-electron chi connectivity index (χ3n) is 4.15. The van der Waals surface area contributed by atoms with Gasteiger partial charge in [0, 0.05) is 18.4 Å². The Hall–Kier alpha value is -1.79. The highest BCUT2D eigenvalue weighted by molar-refractivity contribution is 9.10. The van der Waals surface area contributed by atoms with Crippen LogP contribution in [0.1, 0.15) is 40.0 Å². The summed E-state index contributed by atoms with van der Waals surface area (Å²) in [5.41, 5.74) is -0.0807. The number of nitrogens with one attached hydrogen (secondary N) is 2. The van der Waals surface area contributed by atoms with Gasteiger partial charge >= 0.3 is 6.03 Å². The van der Waals surface area contributed by atoms with Crippen LogP contribution in [0.2, 0.25) is 0 Å². The second-order valence-corrected chi connectivity index (χ2v) is 8.40. The highest BCUT2D eigenvalue weighted by Crippen LogP contribution is 2.46. The van der Waals surface area contributed by atoms with Gasteiger partial charge in [0.15, 0.2) is 0 Å². The van der Waals surface area contributed by atoms with Gasteiger partial charge in [0.05, 0.1) is 11.0 Å². The van der Waals surface area contributed by atoms with Crippen LogP contribution in [0.15, 0.2) is 21.9 Å². The van der Waals surface area contributed by atoms with Crippen LogP contribution in [0.5, 0.6) is 0 Å². The molecule has 1 heterocycles. The largest absolute Gasteiger partial charge is 0.335 e. The summed E-state index contributed by atoms with van der Waals surface area (Å²) in [7, 11) is 0. The molecule has 1 aliphatic rings. The fourth-order valence-electron chi connectivity index (χ4n) is 3.78. The molecule has 1 saturated carbocycles. The zero-order valence-electron chi connectivity index (χ0n) is 14.1. The SMILES string of the molecule is CC1(C)CC(NC(=O)Nc2ncc(Br)cn2)CC(C)(CN=C=O)C1. The first-order chi connectivity index (χ1) is 11.2. The van der Waals surface area contributed by atoms with E-state index < -0.39 is 0 Å². The van der Waals surface area contributed by atoms with E-state index in [1.165, 1.54) is 0 Å². The molecule has 0 saturated heterocycles. The molecule has 1 aliphatic carbocycles. The summed E-state index contributed by atoms with van der Waals surface area (Å²) in [5.74, 6) is 0.249. The Labute approximate surface area is 149 Å². The van der Waals surface area contributed by atoms with E-state index in [0.29, 0.717) is 6.54 Å². The molecule has 0 aliphatic heterocycles. The van der Waals surface area contributed by atoms with Crippen molar-refractivity contribution in [3.05, 3.63) is 16.9 Å². The van der Waals surface area contributed by atoms with Crippen molar-refractivity contribution in [3.8, 4) is 0 Å². The van der Waals surface area contributed by atoms with Crippen LogP contribution in [0.3, 0.4) is 0 Å². The van der Waals surface area contributed by atoms with Crippen molar-refractivity contribution in [2.45, 2.75) is 46.1 Å². The molecule has 0 spiro atoms. The highest BCUT2D eigenvalue weighted by Gasteiger charge is 2.41. The molecule has 1 fully saturated rings. The monoisotopic (exact) mass is 395 g/mol. The number of aliphatic imine (C=N–C) groups is 1. The minimum atomic E-state index is -0.332. The molecule has 2 amide bonds. The molecular weight excluding hydrogens is 374 g/mol. The molecular formula is C16H22BrN5O2. The number of rotatable bonds is 4. The van der Waals surface area contributed by atoms with Crippen LogP contribution in [0, 0.1) is 10.8 Å². The Morgan fingerprint density at radius 3 is 2.67 bits per heavy atom. The first kappa shape index (κ1) is 18.5. The van der Waals surface area contributed by atoms with Crippen LogP contribution < -0.4 is 10.6 Å². The summed E-state index contributed by atoms with van der Waals surface area (Å²) in [6.07, 6.45) is 7.32. The summed E-state index contributed by atoms with van der Waals surface area (Å²) >= 11 is 3.25. The molecule has 24 heavy (non-hydrogen) atoms. The minimum absolute atomic E-state index is 0.00366. The highest BCUT2D eigenvalue weighted by atomic mass is 79.9. The van der Waals surface area contributed by atoms with E-state index in [0.717, 1.165) is 23.7 Å². The summed E-state index contributed by atoms with van der Waals surface area (Å²) in [6, 6.07) is -0.336. The molecule has 2 rings (SSSR count). The van der Waals surface area contributed by atoms with E-state index in [2.05, 4.69) is 62.3 Å². The van der Waals surface area contributed by atoms with Gasteiger partial charge in [-0.15, -0.1) is 0 Å². The van der Waals surface area contributed by atoms with Crippen molar-refractivity contribution < 1.29 is 9.59 Å². The van der Waals surface area contributed by atoms with Crippen LogP contribution in [0.4, 0.5) is 10.7 Å². The van der Waals surface area contributed by atoms with Crippen molar-refractivity contribution in [2.24, 2.45) is 15.8 Å². The third kappa shape index (κ3) is 5.39. The van der Waals surface area contributed by atoms with Gasteiger partial charge in [-0.05, 0) is 46.0 Å². The number of amides is 2. The average Bonchev–Trinajstić information content (AvgIpc) is 2.45. The Morgan fingerprint density at radius 2 is 2.04 bits per heavy atom. The Morgan fingerprint density at radius 1 is 1.38 bits per heavy atom. The number of isocyanates is 1. The fourth-order valence-corrected chi connectivity index (χ4v) is 3.98. The standard InChI is InChI=1S/C16H22BrN5O2/c1-15(2)4-12(5-16(3,8-15)9-18-10-23)21-14(24)22-13-19-6-11(17)7-20-13/h6-7,12H,4-5,8-9H2,1-3H3,(H2,19,20,21,22,24). The van der Waals surface area contributed by atoms with Crippen LogP contribution >= 0.6 is 15.9 Å². The van der Waals surface area contributed by atoms with Gasteiger partial charge in [-0.1, -0.05) is 20.8 Å². The van der Waals surface area contributed by atoms with Gasteiger partial charge in [-0.25, -0.2) is 24.5 Å². The molecule has 0 bridgehead atoms.